The van der Waals surface area contributed by atoms with Crippen LogP contribution in [0.15, 0.2) is 101 Å². The van der Waals surface area contributed by atoms with Crippen molar-refractivity contribution < 1.29 is 9.53 Å². The largest absolute Gasteiger partial charge is 0.497 e. The van der Waals surface area contributed by atoms with E-state index in [4.69, 9.17) is 9.84 Å². The van der Waals surface area contributed by atoms with Crippen LogP contribution in [0.5, 0.6) is 5.75 Å². The third-order valence-electron chi connectivity index (χ3n) is 7.25. The first kappa shape index (κ1) is 25.2. The van der Waals surface area contributed by atoms with Crippen LogP contribution in [0.4, 0.5) is 0 Å². The second kappa shape index (κ2) is 11.3. The first-order valence-corrected chi connectivity index (χ1v) is 14.1. The van der Waals surface area contributed by atoms with E-state index in [0.29, 0.717) is 10.8 Å². The van der Waals surface area contributed by atoms with Crippen molar-refractivity contribution in [2.45, 2.75) is 19.3 Å². The number of rotatable bonds is 6. The lowest BCUT2D eigenvalue weighted by Gasteiger charge is -2.32. The van der Waals surface area contributed by atoms with E-state index in [2.05, 4.69) is 40.2 Å². The minimum atomic E-state index is -0.189. The van der Waals surface area contributed by atoms with Crippen molar-refractivity contribution in [2.75, 3.05) is 20.2 Å². The molecule has 1 fully saturated rings. The molecule has 6 nitrogen and oxygen atoms in total. The molecule has 1 amide bonds. The maximum absolute atomic E-state index is 13.0. The predicted octanol–water partition coefficient (Wildman–Crippen LogP) is 6.47. The third-order valence-corrected chi connectivity index (χ3v) is 8.30. The summed E-state index contributed by atoms with van der Waals surface area (Å²) >= 11 is 1.47. The van der Waals surface area contributed by atoms with E-state index in [-0.39, 0.29) is 5.91 Å². The van der Waals surface area contributed by atoms with Gasteiger partial charge in [0.1, 0.15) is 11.4 Å². The molecule has 3 aromatic carbocycles. The van der Waals surface area contributed by atoms with Crippen LogP contribution in [0.2, 0.25) is 0 Å². The second-order valence-corrected chi connectivity index (χ2v) is 10.9. The second-order valence-electron chi connectivity index (χ2n) is 9.88. The molecule has 3 heterocycles. The van der Waals surface area contributed by atoms with Crippen LogP contribution in [-0.4, -0.2) is 46.0 Å². The van der Waals surface area contributed by atoms with Crippen molar-refractivity contribution in [3.8, 4) is 22.7 Å². The Labute approximate surface area is 233 Å². The number of amides is 1. The van der Waals surface area contributed by atoms with Gasteiger partial charge in [0.05, 0.1) is 17.7 Å². The molecule has 0 aliphatic carbocycles. The lowest BCUT2D eigenvalue weighted by atomic mass is 9.90. The zero-order chi connectivity index (χ0) is 26.6. The van der Waals surface area contributed by atoms with Gasteiger partial charge in [-0.2, -0.15) is 10.1 Å². The smallest absolute Gasteiger partial charge is 0.286 e. The molecule has 2 aliphatic heterocycles. The summed E-state index contributed by atoms with van der Waals surface area (Å²) in [4.78, 5) is 20.3. The highest BCUT2D eigenvalue weighted by atomic mass is 32.2. The summed E-state index contributed by atoms with van der Waals surface area (Å²) in [6.07, 6.45) is 7.21. The molecular formula is C32H30N4O2S. The summed E-state index contributed by atoms with van der Waals surface area (Å²) in [5, 5.41) is 5.70. The molecule has 0 bridgehead atoms. The number of nitrogens with zero attached hydrogens (tertiary/aromatic N) is 4. The number of benzene rings is 3. The number of likely N-dealkylation sites (tertiary alicyclic amines) is 1. The molecule has 0 radical (unpaired) electrons. The number of piperidine rings is 1. The van der Waals surface area contributed by atoms with Gasteiger partial charge in [0.2, 0.25) is 0 Å². The number of methoxy groups -OCH3 is 1. The molecule has 39 heavy (non-hydrogen) atoms. The number of carbonyl (C=O) groups excluding carboxylic acids is 1. The maximum atomic E-state index is 13.0. The Kier molecular flexibility index (Phi) is 7.32. The van der Waals surface area contributed by atoms with E-state index in [1.165, 1.54) is 17.3 Å². The summed E-state index contributed by atoms with van der Waals surface area (Å²) in [7, 11) is 1.65. The Morgan fingerprint density at radius 3 is 2.46 bits per heavy atom. The Morgan fingerprint density at radius 2 is 1.72 bits per heavy atom. The summed E-state index contributed by atoms with van der Waals surface area (Å²) in [6, 6.07) is 28.5. The van der Waals surface area contributed by atoms with Crippen LogP contribution in [0.1, 0.15) is 24.0 Å². The SMILES string of the molecule is COc1cccc(-c2nn(-c3ccccc3)cc2/C=C2\SC(N3CCC(Cc4ccccc4)CC3)=NC2=O)c1. The number of ether oxygens (including phenoxy) is 1. The standard InChI is InChI=1S/C32H30N4O2S/c1-38-28-14-8-11-25(20-28)30-26(22-36(34-30)27-12-6-3-7-13-27)21-29-31(37)33-32(39-29)35-17-15-24(16-18-35)19-23-9-4-2-5-10-23/h2-14,20-22,24H,15-19H2,1H3/b29-21-. The van der Waals surface area contributed by atoms with E-state index >= 15 is 0 Å². The summed E-state index contributed by atoms with van der Waals surface area (Å²) in [5.74, 6) is 1.23. The fourth-order valence-electron chi connectivity index (χ4n) is 5.15. The van der Waals surface area contributed by atoms with Crippen LogP contribution in [0.25, 0.3) is 23.0 Å². The van der Waals surface area contributed by atoms with E-state index in [0.717, 1.165) is 65.8 Å². The molecule has 0 unspecified atom stereocenters. The number of para-hydroxylation sites is 1. The van der Waals surface area contributed by atoms with Crippen LogP contribution >= 0.6 is 11.8 Å². The molecule has 4 aromatic rings. The van der Waals surface area contributed by atoms with Crippen LogP contribution in [0.3, 0.4) is 0 Å². The molecule has 0 saturated carbocycles. The average Bonchev–Trinajstić information content (AvgIpc) is 3.58. The summed E-state index contributed by atoms with van der Waals surface area (Å²) in [5.41, 5.74) is 4.92. The van der Waals surface area contributed by atoms with Gasteiger partial charge in [0.15, 0.2) is 5.17 Å². The van der Waals surface area contributed by atoms with Gasteiger partial charge in [-0.25, -0.2) is 4.68 Å². The van der Waals surface area contributed by atoms with Crippen molar-refractivity contribution in [1.82, 2.24) is 14.7 Å². The van der Waals surface area contributed by atoms with Crippen molar-refractivity contribution >= 4 is 28.9 Å². The normalized spacial score (nSPS) is 17.1. The van der Waals surface area contributed by atoms with Crippen molar-refractivity contribution in [3.63, 3.8) is 0 Å². The average molecular weight is 535 g/mol. The van der Waals surface area contributed by atoms with Gasteiger partial charge in [-0.1, -0.05) is 60.7 Å². The first-order chi connectivity index (χ1) is 19.2. The van der Waals surface area contributed by atoms with Gasteiger partial charge >= 0.3 is 0 Å². The molecule has 1 aromatic heterocycles. The molecule has 0 spiro atoms. The Bertz CT molecular complexity index is 1520. The maximum Gasteiger partial charge on any atom is 0.286 e. The Balaban J connectivity index is 1.21. The molecule has 7 heteroatoms. The van der Waals surface area contributed by atoms with Crippen molar-refractivity contribution in [2.24, 2.45) is 10.9 Å². The van der Waals surface area contributed by atoms with Crippen LogP contribution in [-0.2, 0) is 11.2 Å². The van der Waals surface area contributed by atoms with Gasteiger partial charge in [0.25, 0.3) is 5.91 Å². The number of aromatic nitrogens is 2. The number of amidine groups is 1. The van der Waals surface area contributed by atoms with Crippen LogP contribution in [0, 0.1) is 5.92 Å². The Hall–Kier alpha value is -4.10. The quantitative estimate of drug-likeness (QED) is 0.265. The van der Waals surface area contributed by atoms with E-state index in [9.17, 15) is 4.79 Å². The molecule has 6 rings (SSSR count). The minimum Gasteiger partial charge on any atom is -0.497 e. The van der Waals surface area contributed by atoms with Crippen molar-refractivity contribution in [3.05, 3.63) is 107 Å². The predicted molar refractivity (Wildman–Crippen MR) is 158 cm³/mol. The molecule has 0 atom stereocenters. The number of thioether (sulfide) groups is 1. The van der Waals surface area contributed by atoms with Gasteiger partial charge in [-0.15, -0.1) is 0 Å². The lowest BCUT2D eigenvalue weighted by molar-refractivity contribution is -0.113. The highest BCUT2D eigenvalue weighted by molar-refractivity contribution is 8.18. The first-order valence-electron chi connectivity index (χ1n) is 13.3. The number of carbonyl (C=O) groups is 1. The van der Waals surface area contributed by atoms with E-state index in [1.807, 2.05) is 71.6 Å². The monoisotopic (exact) mass is 534 g/mol. The molecular weight excluding hydrogens is 504 g/mol. The number of hydrogen-bond acceptors (Lipinski definition) is 5. The van der Waals surface area contributed by atoms with Gasteiger partial charge in [-0.3, -0.25) is 4.79 Å². The molecule has 0 N–H and O–H groups in total. The summed E-state index contributed by atoms with van der Waals surface area (Å²) in [6.45, 7) is 1.84. The fourth-order valence-corrected chi connectivity index (χ4v) is 6.11. The minimum absolute atomic E-state index is 0.189. The molecule has 196 valence electrons. The highest BCUT2D eigenvalue weighted by Crippen LogP contribution is 2.35. The number of hydrogen-bond donors (Lipinski definition) is 0. The van der Waals surface area contributed by atoms with E-state index < -0.39 is 0 Å². The van der Waals surface area contributed by atoms with Gasteiger partial charge in [-0.05, 0) is 72.8 Å². The van der Waals surface area contributed by atoms with Crippen molar-refractivity contribution in [1.29, 1.82) is 0 Å². The van der Waals surface area contributed by atoms with Gasteiger partial charge in [0, 0.05) is 30.4 Å². The Morgan fingerprint density at radius 1 is 0.974 bits per heavy atom. The zero-order valence-corrected chi connectivity index (χ0v) is 22.7. The highest BCUT2D eigenvalue weighted by Gasteiger charge is 2.29. The molecule has 1 saturated heterocycles. The molecule has 2 aliphatic rings. The summed E-state index contributed by atoms with van der Waals surface area (Å²) < 4.78 is 7.30. The lowest BCUT2D eigenvalue weighted by Crippen LogP contribution is -2.37. The van der Waals surface area contributed by atoms with E-state index in [1.54, 1.807) is 7.11 Å². The zero-order valence-electron chi connectivity index (χ0n) is 21.9. The number of aliphatic imine (C=N–C) groups is 1. The topological polar surface area (TPSA) is 59.7 Å². The van der Waals surface area contributed by atoms with Crippen LogP contribution < -0.4 is 4.74 Å². The van der Waals surface area contributed by atoms with Gasteiger partial charge < -0.3 is 9.64 Å². The third kappa shape index (κ3) is 5.68. The fraction of sp³-hybridized carbons (Fsp3) is 0.219.